The van der Waals surface area contributed by atoms with E-state index < -0.39 is 79.1 Å². The lowest BCUT2D eigenvalue weighted by Crippen LogP contribution is -2.62. The van der Waals surface area contributed by atoms with Crippen LogP contribution in [0.2, 0.25) is 0 Å². The highest BCUT2D eigenvalue weighted by atomic mass is 16.8. The Hall–Kier alpha value is -1.83. The molecule has 0 amide bonds. The Morgan fingerprint density at radius 1 is 0.781 bits per heavy atom. The van der Waals surface area contributed by atoms with Crippen LogP contribution in [0.1, 0.15) is 41.0 Å². The molecule has 4 unspecified atom stereocenters. The molecule has 0 radical (unpaired) electrons. The third-order valence-electron chi connectivity index (χ3n) is 5.34. The van der Waals surface area contributed by atoms with Crippen molar-refractivity contribution in [1.29, 1.82) is 0 Å². The zero-order chi connectivity index (χ0) is 24.2. The van der Waals surface area contributed by atoms with E-state index in [0.717, 1.165) is 0 Å². The summed E-state index contributed by atoms with van der Waals surface area (Å²) in [4.78, 5) is 34.3. The number of carbonyl (C=O) groups is 3. The van der Waals surface area contributed by atoms with Gasteiger partial charge in [0, 0.05) is 26.7 Å². The Bertz CT molecular complexity index is 669. The lowest BCUT2D eigenvalue weighted by molar-refractivity contribution is -0.368. The van der Waals surface area contributed by atoms with Gasteiger partial charge in [-0.05, 0) is 6.42 Å². The topological polar surface area (TPSA) is 167 Å². The molecular weight excluding hydrogens is 432 g/mol. The number of hydrogen-bond donors (Lipinski definition) is 3. The third kappa shape index (κ3) is 6.36. The molecule has 32 heavy (non-hydrogen) atoms. The fourth-order valence-electron chi connectivity index (χ4n) is 3.72. The first-order valence-corrected chi connectivity index (χ1v) is 10.4. The van der Waals surface area contributed by atoms with E-state index in [-0.39, 0.29) is 6.61 Å². The van der Waals surface area contributed by atoms with Gasteiger partial charge in [0.2, 0.25) is 0 Å². The quantitative estimate of drug-likeness (QED) is 0.311. The molecular formula is C20H32O12. The molecule has 2 saturated heterocycles. The van der Waals surface area contributed by atoms with E-state index in [1.165, 1.54) is 20.8 Å². The fourth-order valence-corrected chi connectivity index (χ4v) is 3.72. The highest BCUT2D eigenvalue weighted by Gasteiger charge is 2.51. The summed E-state index contributed by atoms with van der Waals surface area (Å²) in [5.74, 6) is -2.45. The molecule has 2 aliphatic heterocycles. The second kappa shape index (κ2) is 11.3. The van der Waals surface area contributed by atoms with E-state index in [4.69, 9.17) is 28.4 Å². The molecule has 2 heterocycles. The van der Waals surface area contributed by atoms with E-state index in [0.29, 0.717) is 6.42 Å². The lowest BCUT2D eigenvalue weighted by Gasteiger charge is -2.46. The van der Waals surface area contributed by atoms with Crippen LogP contribution >= 0.6 is 0 Å². The van der Waals surface area contributed by atoms with Crippen LogP contribution in [-0.2, 0) is 42.8 Å². The van der Waals surface area contributed by atoms with Crippen molar-refractivity contribution < 1.29 is 58.1 Å². The van der Waals surface area contributed by atoms with E-state index in [1.807, 2.05) is 0 Å². The van der Waals surface area contributed by atoms with Gasteiger partial charge < -0.3 is 43.7 Å². The molecule has 0 aromatic carbocycles. The molecule has 0 aromatic rings. The van der Waals surface area contributed by atoms with Crippen LogP contribution in [0.25, 0.3) is 0 Å². The van der Waals surface area contributed by atoms with Gasteiger partial charge in [0.05, 0.1) is 0 Å². The molecule has 0 aliphatic carbocycles. The first-order valence-electron chi connectivity index (χ1n) is 10.4. The molecule has 2 rings (SSSR count). The zero-order valence-corrected chi connectivity index (χ0v) is 18.7. The maximum absolute atomic E-state index is 11.7. The van der Waals surface area contributed by atoms with Gasteiger partial charge in [0.1, 0.15) is 43.2 Å². The monoisotopic (exact) mass is 464 g/mol. The van der Waals surface area contributed by atoms with Crippen LogP contribution in [0, 0.1) is 5.92 Å². The van der Waals surface area contributed by atoms with Gasteiger partial charge in [-0.25, -0.2) is 0 Å². The Morgan fingerprint density at radius 3 is 1.88 bits per heavy atom. The summed E-state index contributed by atoms with van der Waals surface area (Å²) in [5, 5.41) is 30.7. The first-order chi connectivity index (χ1) is 15.0. The number of esters is 3. The summed E-state index contributed by atoms with van der Waals surface area (Å²) in [5.41, 5.74) is 0. The SMILES string of the molecule is CCC1O[C@H](O[C@H]2OC(COC(C)=O)[C@@H](O)C(O)[C@@H]2O)C(C)[C@H](OC(C)=O)[C@@H]1OC(C)=O. The van der Waals surface area contributed by atoms with Crippen LogP contribution in [-0.4, -0.2) is 95.1 Å². The normalized spacial score (nSPS) is 39.8. The van der Waals surface area contributed by atoms with Crippen LogP contribution in [0.15, 0.2) is 0 Å². The van der Waals surface area contributed by atoms with Gasteiger partial charge in [0.25, 0.3) is 0 Å². The average Bonchev–Trinajstić information content (AvgIpc) is 2.71. The molecule has 0 spiro atoms. The molecule has 10 atom stereocenters. The lowest BCUT2D eigenvalue weighted by atomic mass is 9.90. The molecule has 2 aliphatic rings. The van der Waals surface area contributed by atoms with Gasteiger partial charge >= 0.3 is 17.9 Å². The van der Waals surface area contributed by atoms with Crippen molar-refractivity contribution >= 4 is 17.9 Å². The predicted octanol–water partition coefficient (Wildman–Crippen LogP) is -0.992. The number of ether oxygens (including phenoxy) is 6. The van der Waals surface area contributed by atoms with Crippen LogP contribution in [0.5, 0.6) is 0 Å². The van der Waals surface area contributed by atoms with Crippen molar-refractivity contribution in [2.24, 2.45) is 5.92 Å². The third-order valence-corrected chi connectivity index (χ3v) is 5.34. The zero-order valence-electron chi connectivity index (χ0n) is 18.7. The van der Waals surface area contributed by atoms with Crippen molar-refractivity contribution in [3.63, 3.8) is 0 Å². The maximum atomic E-state index is 11.7. The summed E-state index contributed by atoms with van der Waals surface area (Å²) in [6.07, 6.45) is -10.6. The number of hydrogen-bond acceptors (Lipinski definition) is 12. The summed E-state index contributed by atoms with van der Waals surface area (Å²) >= 11 is 0. The molecule has 2 fully saturated rings. The standard InChI is InChI=1S/C20H32O12/c1-6-12-18(29-11(5)23)17(28-10(4)22)8(2)19(30-12)32-20-16(26)15(25)14(24)13(31-20)7-27-9(3)21/h8,12-20,24-26H,6-7H2,1-5H3/t8?,12?,13?,14-,15?,16+,17+,18-,19-,20-/m1/s1. The average molecular weight is 464 g/mol. The second-order valence-electron chi connectivity index (χ2n) is 7.91. The molecule has 184 valence electrons. The van der Waals surface area contributed by atoms with E-state index in [2.05, 4.69) is 0 Å². The highest BCUT2D eigenvalue weighted by Crippen LogP contribution is 2.34. The van der Waals surface area contributed by atoms with Crippen molar-refractivity contribution in [2.45, 2.75) is 96.3 Å². The minimum atomic E-state index is -1.65. The Balaban J connectivity index is 2.20. The largest absolute Gasteiger partial charge is 0.463 e. The minimum Gasteiger partial charge on any atom is -0.463 e. The van der Waals surface area contributed by atoms with Crippen molar-refractivity contribution in [1.82, 2.24) is 0 Å². The van der Waals surface area contributed by atoms with E-state index in [1.54, 1.807) is 13.8 Å². The van der Waals surface area contributed by atoms with Crippen LogP contribution in [0.3, 0.4) is 0 Å². The number of carbonyl (C=O) groups excluding carboxylic acids is 3. The van der Waals surface area contributed by atoms with Crippen molar-refractivity contribution in [3.05, 3.63) is 0 Å². The molecule has 12 nitrogen and oxygen atoms in total. The van der Waals surface area contributed by atoms with E-state index >= 15 is 0 Å². The Morgan fingerprint density at radius 2 is 1.34 bits per heavy atom. The predicted molar refractivity (Wildman–Crippen MR) is 104 cm³/mol. The van der Waals surface area contributed by atoms with Crippen molar-refractivity contribution in [3.8, 4) is 0 Å². The molecule has 12 heteroatoms. The summed E-state index contributed by atoms with van der Waals surface area (Å²) in [6, 6.07) is 0. The number of aliphatic hydroxyl groups excluding tert-OH is 3. The Kier molecular flexibility index (Phi) is 9.37. The summed E-state index contributed by atoms with van der Waals surface area (Å²) in [7, 11) is 0. The van der Waals surface area contributed by atoms with Gasteiger partial charge in [-0.3, -0.25) is 14.4 Å². The van der Waals surface area contributed by atoms with Crippen LogP contribution in [0.4, 0.5) is 0 Å². The highest BCUT2D eigenvalue weighted by molar-refractivity contribution is 5.67. The molecule has 0 saturated carbocycles. The minimum absolute atomic E-state index is 0.372. The van der Waals surface area contributed by atoms with E-state index in [9.17, 15) is 29.7 Å². The first kappa shape index (κ1) is 26.4. The fraction of sp³-hybridized carbons (Fsp3) is 0.850. The van der Waals surface area contributed by atoms with Gasteiger partial charge in [-0.15, -0.1) is 0 Å². The van der Waals surface area contributed by atoms with Crippen molar-refractivity contribution in [2.75, 3.05) is 6.61 Å². The number of rotatable bonds is 7. The Labute approximate surface area is 185 Å². The summed E-state index contributed by atoms with van der Waals surface area (Å²) < 4.78 is 32.8. The van der Waals surface area contributed by atoms with Gasteiger partial charge in [-0.2, -0.15) is 0 Å². The molecule has 3 N–H and O–H groups in total. The smallest absolute Gasteiger partial charge is 0.303 e. The van der Waals surface area contributed by atoms with Crippen LogP contribution < -0.4 is 0 Å². The van der Waals surface area contributed by atoms with Gasteiger partial charge in [-0.1, -0.05) is 13.8 Å². The molecule has 0 aromatic heterocycles. The van der Waals surface area contributed by atoms with Gasteiger partial charge in [0.15, 0.2) is 18.7 Å². The maximum Gasteiger partial charge on any atom is 0.303 e. The number of aliphatic hydroxyl groups is 3. The summed E-state index contributed by atoms with van der Waals surface area (Å²) in [6.45, 7) is 6.66. The second-order valence-corrected chi connectivity index (χ2v) is 7.91. The molecule has 0 bridgehead atoms.